The quantitative estimate of drug-likeness (QED) is 0.217. The number of carbonyl (C=O) groups is 1. The Labute approximate surface area is 180 Å². The summed E-state index contributed by atoms with van der Waals surface area (Å²) in [6, 6.07) is 5.43. The molecule has 0 spiro atoms. The number of benzene rings is 1. The average Bonchev–Trinajstić information content (AvgIpc) is 2.69. The van der Waals surface area contributed by atoms with Gasteiger partial charge in [0.2, 0.25) is 0 Å². The molecule has 0 radical (unpaired) electrons. The molecular weight excluding hydrogens is 446 g/mol. The zero-order valence-corrected chi connectivity index (χ0v) is 19.5. The lowest BCUT2D eigenvalue weighted by Crippen LogP contribution is -2.24. The fraction of sp³-hybridized carbons (Fsp3) is 0.429. The average molecular weight is 473 g/mol. The molecular formula is C21H27BrClNO4. The first-order valence-corrected chi connectivity index (χ1v) is 10.2. The van der Waals surface area contributed by atoms with Crippen LogP contribution in [-0.2, 0) is 14.4 Å². The van der Waals surface area contributed by atoms with Gasteiger partial charge in [-0.1, -0.05) is 57.7 Å². The maximum absolute atomic E-state index is 12.2. The van der Waals surface area contributed by atoms with Crippen molar-refractivity contribution in [3.8, 4) is 5.75 Å². The van der Waals surface area contributed by atoms with E-state index < -0.39 is 5.97 Å². The fourth-order valence-electron chi connectivity index (χ4n) is 2.67. The van der Waals surface area contributed by atoms with Crippen molar-refractivity contribution in [1.29, 1.82) is 0 Å². The highest BCUT2D eigenvalue weighted by Gasteiger charge is 2.26. The van der Waals surface area contributed by atoms with E-state index in [9.17, 15) is 4.79 Å². The molecule has 1 aliphatic carbocycles. The molecule has 7 heteroatoms. The lowest BCUT2D eigenvalue weighted by Gasteiger charge is -2.23. The Kier molecular flexibility index (Phi) is 10.3. The van der Waals surface area contributed by atoms with Crippen molar-refractivity contribution in [1.82, 2.24) is 0 Å². The minimum absolute atomic E-state index is 0.169. The lowest BCUT2D eigenvalue weighted by molar-refractivity contribution is -0.132. The predicted octanol–water partition coefficient (Wildman–Crippen LogP) is 6.11. The number of hydrogen-bond donors (Lipinski definition) is 0. The summed E-state index contributed by atoms with van der Waals surface area (Å²) >= 11 is 9.59. The number of ether oxygens (including phenoxy) is 2. The van der Waals surface area contributed by atoms with Crippen LogP contribution in [-0.4, -0.2) is 32.5 Å². The van der Waals surface area contributed by atoms with Crippen molar-refractivity contribution in [3.05, 3.63) is 50.0 Å². The molecule has 0 heterocycles. The van der Waals surface area contributed by atoms with E-state index in [4.69, 9.17) is 25.9 Å². The molecule has 0 amide bonds. The van der Waals surface area contributed by atoms with Crippen LogP contribution in [0.4, 0.5) is 0 Å². The van der Waals surface area contributed by atoms with Crippen molar-refractivity contribution >= 4 is 39.2 Å². The van der Waals surface area contributed by atoms with E-state index in [0.717, 1.165) is 15.6 Å². The third-order valence-electron chi connectivity index (χ3n) is 4.22. The van der Waals surface area contributed by atoms with Gasteiger partial charge in [0.1, 0.15) is 19.5 Å². The minimum Gasteiger partial charge on any atom is -0.488 e. The maximum Gasteiger partial charge on any atom is 0.360 e. The number of methoxy groups -OCH3 is 1. The van der Waals surface area contributed by atoms with Crippen LogP contribution >= 0.6 is 27.5 Å². The number of rotatable bonds is 6. The molecule has 5 nitrogen and oxygen atoms in total. The molecule has 2 rings (SSSR count). The van der Waals surface area contributed by atoms with Crippen molar-refractivity contribution in [2.24, 2.45) is 5.16 Å². The summed E-state index contributed by atoms with van der Waals surface area (Å²) in [7, 11) is 2.72. The van der Waals surface area contributed by atoms with Gasteiger partial charge >= 0.3 is 5.97 Å². The van der Waals surface area contributed by atoms with Crippen LogP contribution in [0.3, 0.4) is 0 Å². The SMILES string of the molecule is CC.CO/N=C(/C(=O)OC)C1=C(COc2ccc(Br)cc2Cl)CC(C)=C(C)C1. The summed E-state index contributed by atoms with van der Waals surface area (Å²) < 4.78 is 11.6. The monoisotopic (exact) mass is 471 g/mol. The highest BCUT2D eigenvalue weighted by Crippen LogP contribution is 2.33. The van der Waals surface area contributed by atoms with E-state index in [1.165, 1.54) is 25.4 Å². The summed E-state index contributed by atoms with van der Waals surface area (Å²) in [5.41, 5.74) is 4.33. The molecule has 28 heavy (non-hydrogen) atoms. The lowest BCUT2D eigenvalue weighted by atomic mass is 9.85. The number of carbonyl (C=O) groups excluding carboxylic acids is 1. The zero-order chi connectivity index (χ0) is 21.3. The van der Waals surface area contributed by atoms with E-state index in [-0.39, 0.29) is 5.71 Å². The number of allylic oxidation sites excluding steroid dienone is 2. The van der Waals surface area contributed by atoms with E-state index in [1.807, 2.05) is 26.8 Å². The molecule has 0 fully saturated rings. The van der Waals surface area contributed by atoms with Crippen LogP contribution in [0.2, 0.25) is 5.02 Å². The zero-order valence-electron chi connectivity index (χ0n) is 17.2. The molecule has 1 aliphatic rings. The molecule has 1 aromatic carbocycles. The highest BCUT2D eigenvalue weighted by molar-refractivity contribution is 9.10. The van der Waals surface area contributed by atoms with Crippen LogP contribution < -0.4 is 4.74 Å². The Morgan fingerprint density at radius 2 is 1.82 bits per heavy atom. The van der Waals surface area contributed by atoms with Gasteiger partial charge in [0.15, 0.2) is 5.71 Å². The van der Waals surface area contributed by atoms with E-state index >= 15 is 0 Å². The van der Waals surface area contributed by atoms with Crippen LogP contribution in [0.1, 0.15) is 40.5 Å². The first-order valence-electron chi connectivity index (χ1n) is 9.01. The first-order chi connectivity index (χ1) is 13.4. The first kappa shape index (κ1) is 24.2. The second kappa shape index (κ2) is 11.9. The van der Waals surface area contributed by atoms with Gasteiger partial charge < -0.3 is 14.3 Å². The second-order valence-electron chi connectivity index (χ2n) is 5.97. The van der Waals surface area contributed by atoms with Gasteiger partial charge in [-0.3, -0.25) is 0 Å². The Bertz CT molecular complexity index is 800. The Morgan fingerprint density at radius 1 is 1.18 bits per heavy atom. The Morgan fingerprint density at radius 3 is 2.39 bits per heavy atom. The van der Waals surface area contributed by atoms with E-state index in [1.54, 1.807) is 12.1 Å². The standard InChI is InChI=1S/C19H21BrClNO4.C2H6/c1-11-7-13(10-26-17-6-5-14(20)9-16(17)21)15(8-12(11)2)18(22-25-4)19(23)24-3;1-2/h5-6,9H,7-8,10H2,1-4H3;1-2H3/b22-18+;. The van der Waals surface area contributed by atoms with Gasteiger partial charge in [-0.15, -0.1) is 0 Å². The third kappa shape index (κ3) is 6.38. The number of hydrogen-bond acceptors (Lipinski definition) is 5. The van der Waals surface area contributed by atoms with Gasteiger partial charge in [-0.05, 0) is 56.0 Å². The van der Waals surface area contributed by atoms with Crippen molar-refractivity contribution in [2.75, 3.05) is 20.8 Å². The highest BCUT2D eigenvalue weighted by atomic mass is 79.9. The Balaban J connectivity index is 0.00000190. The summed E-state index contributed by atoms with van der Waals surface area (Å²) in [4.78, 5) is 17.0. The molecule has 1 aromatic rings. The van der Waals surface area contributed by atoms with Crippen molar-refractivity contribution in [2.45, 2.75) is 40.5 Å². The van der Waals surface area contributed by atoms with E-state index in [2.05, 4.69) is 28.0 Å². The molecule has 0 aliphatic heterocycles. The van der Waals surface area contributed by atoms with Crippen LogP contribution in [0, 0.1) is 0 Å². The molecule has 0 N–H and O–H groups in total. The summed E-state index contributed by atoms with van der Waals surface area (Å²) in [6.45, 7) is 8.41. The van der Waals surface area contributed by atoms with Gasteiger partial charge in [0.05, 0.1) is 12.1 Å². The van der Waals surface area contributed by atoms with Crippen LogP contribution in [0.25, 0.3) is 0 Å². The van der Waals surface area contributed by atoms with Gasteiger partial charge in [0, 0.05) is 4.47 Å². The fourth-order valence-corrected chi connectivity index (χ4v) is 3.40. The summed E-state index contributed by atoms with van der Waals surface area (Å²) in [5, 5.41) is 4.40. The van der Waals surface area contributed by atoms with Gasteiger partial charge in [-0.2, -0.15) is 0 Å². The Hall–Kier alpha value is -1.79. The molecule has 0 bridgehead atoms. The molecule has 0 saturated heterocycles. The number of esters is 1. The van der Waals surface area contributed by atoms with Crippen LogP contribution in [0.15, 0.2) is 50.1 Å². The molecule has 0 aromatic heterocycles. The third-order valence-corrected chi connectivity index (χ3v) is 5.01. The summed E-state index contributed by atoms with van der Waals surface area (Å²) in [6.07, 6.45) is 1.28. The number of oxime groups is 1. The minimum atomic E-state index is -0.534. The van der Waals surface area contributed by atoms with E-state index in [0.29, 0.717) is 30.2 Å². The molecule has 0 unspecified atom stereocenters. The van der Waals surface area contributed by atoms with Crippen molar-refractivity contribution < 1.29 is 19.1 Å². The number of halogens is 2. The van der Waals surface area contributed by atoms with Gasteiger partial charge in [-0.25, -0.2) is 4.79 Å². The maximum atomic E-state index is 12.2. The second-order valence-corrected chi connectivity index (χ2v) is 7.30. The molecule has 0 atom stereocenters. The molecule has 0 saturated carbocycles. The normalized spacial score (nSPS) is 14.4. The molecule has 154 valence electrons. The predicted molar refractivity (Wildman–Crippen MR) is 117 cm³/mol. The summed E-state index contributed by atoms with van der Waals surface area (Å²) in [5.74, 6) is 0.0438. The van der Waals surface area contributed by atoms with Gasteiger partial charge in [0.25, 0.3) is 0 Å². The van der Waals surface area contributed by atoms with Crippen LogP contribution in [0.5, 0.6) is 5.75 Å². The number of nitrogens with zero attached hydrogens (tertiary/aromatic N) is 1. The topological polar surface area (TPSA) is 57.1 Å². The van der Waals surface area contributed by atoms with Crippen molar-refractivity contribution in [3.63, 3.8) is 0 Å². The smallest absolute Gasteiger partial charge is 0.360 e. The largest absolute Gasteiger partial charge is 0.488 e.